The Bertz CT molecular complexity index is 949. The number of benzene rings is 2. The molecule has 30 heavy (non-hydrogen) atoms. The molecule has 160 valence electrons. The van der Waals surface area contributed by atoms with Gasteiger partial charge in [-0.3, -0.25) is 9.69 Å². The van der Waals surface area contributed by atoms with E-state index in [1.807, 2.05) is 36.1 Å². The van der Waals surface area contributed by atoms with Crippen molar-refractivity contribution in [2.24, 2.45) is 5.41 Å². The molecule has 0 atom stereocenters. The molecule has 3 amide bonds. The number of amides is 3. The van der Waals surface area contributed by atoms with Gasteiger partial charge in [0, 0.05) is 26.2 Å². The molecule has 2 fully saturated rings. The van der Waals surface area contributed by atoms with E-state index in [1.54, 1.807) is 0 Å². The van der Waals surface area contributed by atoms with Crippen molar-refractivity contribution in [3.8, 4) is 0 Å². The predicted molar refractivity (Wildman–Crippen MR) is 120 cm³/mol. The van der Waals surface area contributed by atoms with Gasteiger partial charge in [-0.2, -0.15) is 0 Å². The summed E-state index contributed by atoms with van der Waals surface area (Å²) in [6.07, 6.45) is 1.43. The Balaban J connectivity index is 1.58. The minimum absolute atomic E-state index is 0.0160. The second kappa shape index (κ2) is 7.69. The molecule has 4 rings (SSSR count). The van der Waals surface area contributed by atoms with E-state index in [-0.39, 0.29) is 17.4 Å². The molecular weight excluding hydrogens is 374 g/mol. The molecule has 0 N–H and O–H groups in total. The second-order valence-electron chi connectivity index (χ2n) is 9.92. The van der Waals surface area contributed by atoms with E-state index in [9.17, 15) is 9.59 Å². The topological polar surface area (TPSA) is 43.9 Å². The highest BCUT2D eigenvalue weighted by Gasteiger charge is 2.57. The maximum Gasteiger partial charge on any atom is 0.327 e. The van der Waals surface area contributed by atoms with Crippen molar-refractivity contribution in [1.29, 1.82) is 0 Å². The fourth-order valence-corrected chi connectivity index (χ4v) is 5.20. The molecule has 5 heteroatoms. The molecule has 2 aliphatic rings. The molecule has 0 aromatic heterocycles. The normalized spacial score (nSPS) is 20.0. The highest BCUT2D eigenvalue weighted by atomic mass is 16.2. The summed E-state index contributed by atoms with van der Waals surface area (Å²) in [6, 6.07) is 14.1. The molecule has 0 saturated carbocycles. The van der Waals surface area contributed by atoms with Crippen LogP contribution in [0.2, 0.25) is 0 Å². The van der Waals surface area contributed by atoms with Gasteiger partial charge in [0.15, 0.2) is 0 Å². The molecule has 0 aliphatic carbocycles. The van der Waals surface area contributed by atoms with Gasteiger partial charge in [-0.15, -0.1) is 0 Å². The van der Waals surface area contributed by atoms with E-state index >= 15 is 0 Å². The lowest BCUT2D eigenvalue weighted by Gasteiger charge is -2.43. The van der Waals surface area contributed by atoms with Crippen LogP contribution >= 0.6 is 0 Å². The number of likely N-dealkylation sites (N-methyl/N-ethyl adjacent to an activating group) is 1. The van der Waals surface area contributed by atoms with Gasteiger partial charge in [0.1, 0.15) is 5.54 Å². The van der Waals surface area contributed by atoms with Gasteiger partial charge in [0.05, 0.1) is 6.54 Å². The summed E-state index contributed by atoms with van der Waals surface area (Å²) >= 11 is 0. The molecule has 2 heterocycles. The first-order valence-electron chi connectivity index (χ1n) is 11.1. The van der Waals surface area contributed by atoms with E-state index in [0.29, 0.717) is 25.9 Å². The third-order valence-electron chi connectivity index (χ3n) is 6.53. The largest absolute Gasteiger partial charge is 0.327 e. The molecule has 1 spiro atoms. The molecule has 2 saturated heterocycles. The Morgan fingerprint density at radius 3 is 2.30 bits per heavy atom. The fourth-order valence-electron chi connectivity index (χ4n) is 5.20. The quantitative estimate of drug-likeness (QED) is 0.701. The van der Waals surface area contributed by atoms with Crippen molar-refractivity contribution in [2.75, 3.05) is 26.2 Å². The van der Waals surface area contributed by atoms with Gasteiger partial charge in [-0.25, -0.2) is 4.79 Å². The van der Waals surface area contributed by atoms with Crippen molar-refractivity contribution < 1.29 is 9.59 Å². The minimum Gasteiger partial charge on any atom is -0.310 e. The van der Waals surface area contributed by atoms with Crippen molar-refractivity contribution in [1.82, 2.24) is 14.7 Å². The van der Waals surface area contributed by atoms with Crippen molar-refractivity contribution in [3.05, 3.63) is 48.0 Å². The monoisotopic (exact) mass is 407 g/mol. The highest BCUT2D eigenvalue weighted by Crippen LogP contribution is 2.38. The molecule has 0 bridgehead atoms. The van der Waals surface area contributed by atoms with Crippen LogP contribution in [0.4, 0.5) is 4.79 Å². The molecule has 0 radical (unpaired) electrons. The molecular formula is C25H33N3O2. The lowest BCUT2D eigenvalue weighted by Crippen LogP contribution is -2.57. The number of hydrogen-bond donors (Lipinski definition) is 0. The van der Waals surface area contributed by atoms with E-state index in [1.165, 1.54) is 4.90 Å². The van der Waals surface area contributed by atoms with Crippen LogP contribution in [0.1, 0.15) is 46.1 Å². The van der Waals surface area contributed by atoms with Crippen LogP contribution in [0, 0.1) is 5.41 Å². The number of imide groups is 1. The van der Waals surface area contributed by atoms with Crippen molar-refractivity contribution in [3.63, 3.8) is 0 Å². The number of fused-ring (bicyclic) bond motifs is 1. The van der Waals surface area contributed by atoms with Crippen LogP contribution in [-0.4, -0.2) is 58.4 Å². The van der Waals surface area contributed by atoms with Crippen LogP contribution in [0.25, 0.3) is 10.8 Å². The van der Waals surface area contributed by atoms with E-state index in [2.05, 4.69) is 43.9 Å². The van der Waals surface area contributed by atoms with E-state index < -0.39 is 5.54 Å². The number of likely N-dealkylation sites (tertiary alicyclic amines) is 1. The van der Waals surface area contributed by atoms with Crippen LogP contribution in [0.3, 0.4) is 0 Å². The molecule has 2 aliphatic heterocycles. The van der Waals surface area contributed by atoms with Crippen molar-refractivity contribution >= 4 is 22.7 Å². The molecule has 2 aromatic carbocycles. The second-order valence-corrected chi connectivity index (χ2v) is 9.92. The summed E-state index contributed by atoms with van der Waals surface area (Å²) in [7, 11) is 0. The molecule has 0 unspecified atom stereocenters. The lowest BCUT2D eigenvalue weighted by atomic mass is 9.84. The maximum absolute atomic E-state index is 13.6. The Hall–Kier alpha value is -2.40. The summed E-state index contributed by atoms with van der Waals surface area (Å²) in [5.74, 6) is -0.0160. The van der Waals surface area contributed by atoms with Crippen LogP contribution in [0.15, 0.2) is 42.5 Å². The standard InChI is InChI=1S/C25H33N3O2/c1-5-28-23(30)27(17-20-11-8-10-19-9-6-7-12-21(19)20)22(29)25(28)13-15-26(16-14-25)18-24(2,3)4/h6-12H,5,13-18H2,1-4H3. The van der Waals surface area contributed by atoms with E-state index in [4.69, 9.17) is 0 Å². The summed E-state index contributed by atoms with van der Waals surface area (Å²) in [6.45, 7) is 12.3. The number of rotatable bonds is 4. The number of carbonyl (C=O) groups excluding carboxylic acids is 2. The Labute approximate surface area is 179 Å². The van der Waals surface area contributed by atoms with Gasteiger partial charge in [-0.05, 0) is 41.5 Å². The number of piperidine rings is 1. The van der Waals surface area contributed by atoms with Gasteiger partial charge >= 0.3 is 6.03 Å². The zero-order valence-electron chi connectivity index (χ0n) is 18.6. The molecule has 2 aromatic rings. The molecule has 5 nitrogen and oxygen atoms in total. The first-order valence-corrected chi connectivity index (χ1v) is 11.1. The van der Waals surface area contributed by atoms with Crippen LogP contribution in [0.5, 0.6) is 0 Å². The van der Waals surface area contributed by atoms with Gasteiger partial charge in [0.2, 0.25) is 0 Å². The number of nitrogens with zero attached hydrogens (tertiary/aromatic N) is 3. The van der Waals surface area contributed by atoms with E-state index in [0.717, 1.165) is 36.0 Å². The average Bonchev–Trinajstić information content (AvgIpc) is 2.90. The zero-order valence-corrected chi connectivity index (χ0v) is 18.6. The summed E-state index contributed by atoms with van der Waals surface area (Å²) in [4.78, 5) is 32.7. The first kappa shape index (κ1) is 20.9. The summed E-state index contributed by atoms with van der Waals surface area (Å²) in [5.41, 5.74) is 0.573. The van der Waals surface area contributed by atoms with Crippen LogP contribution < -0.4 is 0 Å². The SMILES string of the molecule is CCN1C(=O)N(Cc2cccc3ccccc23)C(=O)C12CCN(CC(C)(C)C)CC2. The Morgan fingerprint density at radius 2 is 1.63 bits per heavy atom. The third kappa shape index (κ3) is 3.60. The summed E-state index contributed by atoms with van der Waals surface area (Å²) in [5, 5.41) is 2.23. The van der Waals surface area contributed by atoms with Crippen LogP contribution in [-0.2, 0) is 11.3 Å². The lowest BCUT2D eigenvalue weighted by molar-refractivity contribution is -0.136. The first-order chi connectivity index (χ1) is 14.2. The summed E-state index contributed by atoms with van der Waals surface area (Å²) < 4.78 is 0. The number of carbonyl (C=O) groups is 2. The average molecular weight is 408 g/mol. The predicted octanol–water partition coefficient (Wildman–Crippen LogP) is 4.50. The Morgan fingerprint density at radius 1 is 0.967 bits per heavy atom. The third-order valence-corrected chi connectivity index (χ3v) is 6.53. The fraction of sp³-hybridized carbons (Fsp3) is 0.520. The van der Waals surface area contributed by atoms with Gasteiger partial charge < -0.3 is 9.80 Å². The highest BCUT2D eigenvalue weighted by molar-refractivity contribution is 6.07. The van der Waals surface area contributed by atoms with Crippen molar-refractivity contribution in [2.45, 2.75) is 52.6 Å². The Kier molecular flexibility index (Phi) is 5.35. The number of urea groups is 1. The zero-order chi connectivity index (χ0) is 21.5. The minimum atomic E-state index is -0.676. The number of hydrogen-bond acceptors (Lipinski definition) is 3. The van der Waals surface area contributed by atoms with Gasteiger partial charge in [0.25, 0.3) is 5.91 Å². The smallest absolute Gasteiger partial charge is 0.310 e. The maximum atomic E-state index is 13.6. The van der Waals surface area contributed by atoms with Gasteiger partial charge in [-0.1, -0.05) is 63.2 Å².